The monoisotopic (exact) mass is 241 g/mol. The van der Waals surface area contributed by atoms with Gasteiger partial charge in [-0.2, -0.15) is 0 Å². The van der Waals surface area contributed by atoms with E-state index in [-0.39, 0.29) is 0 Å². The molecule has 0 saturated heterocycles. The highest BCUT2D eigenvalue weighted by Crippen LogP contribution is 2.20. The molecule has 2 N–H and O–H groups in total. The summed E-state index contributed by atoms with van der Waals surface area (Å²) in [6.07, 6.45) is 7.28. The third kappa shape index (κ3) is 1.75. The topological polar surface area (TPSA) is 70.9 Å². The molecule has 5 heteroatoms. The van der Waals surface area contributed by atoms with Crippen molar-refractivity contribution in [1.29, 1.82) is 0 Å². The number of carbonyl (C=O) groups is 1. The van der Waals surface area contributed by atoms with Gasteiger partial charge >= 0.3 is 5.97 Å². The minimum atomic E-state index is -0.914. The molecule has 0 saturated carbocycles. The van der Waals surface area contributed by atoms with Gasteiger partial charge in [0.1, 0.15) is 0 Å². The minimum absolute atomic E-state index is 0.290. The van der Waals surface area contributed by atoms with E-state index in [1.807, 2.05) is 23.0 Å². The Kier molecular flexibility index (Phi) is 2.37. The van der Waals surface area contributed by atoms with E-state index in [0.717, 1.165) is 16.5 Å². The van der Waals surface area contributed by atoms with Crippen molar-refractivity contribution in [3.8, 4) is 0 Å². The first kappa shape index (κ1) is 10.6. The van der Waals surface area contributed by atoms with Gasteiger partial charge in [0.05, 0.1) is 18.4 Å². The van der Waals surface area contributed by atoms with Crippen LogP contribution in [-0.2, 0) is 6.54 Å². The van der Waals surface area contributed by atoms with Crippen molar-refractivity contribution in [3.05, 3.63) is 54.2 Å². The van der Waals surface area contributed by atoms with E-state index in [0.29, 0.717) is 12.1 Å². The summed E-state index contributed by atoms with van der Waals surface area (Å²) in [5.41, 5.74) is 2.24. The van der Waals surface area contributed by atoms with Crippen molar-refractivity contribution in [2.75, 3.05) is 0 Å². The molecule has 0 spiro atoms. The van der Waals surface area contributed by atoms with Crippen molar-refractivity contribution >= 4 is 16.9 Å². The summed E-state index contributed by atoms with van der Waals surface area (Å²) in [4.78, 5) is 18.0. The van der Waals surface area contributed by atoms with Gasteiger partial charge in [-0.1, -0.05) is 6.07 Å². The fraction of sp³-hybridized carbons (Fsp3) is 0.0769. The number of aromatic nitrogens is 3. The van der Waals surface area contributed by atoms with E-state index in [2.05, 4.69) is 9.97 Å². The smallest absolute Gasteiger partial charge is 0.335 e. The molecule has 0 atom stereocenters. The Morgan fingerprint density at radius 1 is 1.44 bits per heavy atom. The van der Waals surface area contributed by atoms with E-state index in [1.165, 1.54) is 0 Å². The summed E-state index contributed by atoms with van der Waals surface area (Å²) in [5.74, 6) is -0.914. The fourth-order valence-corrected chi connectivity index (χ4v) is 2.03. The number of aromatic carboxylic acids is 1. The Hall–Kier alpha value is -2.56. The van der Waals surface area contributed by atoms with Gasteiger partial charge in [-0.3, -0.25) is 0 Å². The van der Waals surface area contributed by atoms with Gasteiger partial charge in [-0.25, -0.2) is 9.78 Å². The SMILES string of the molecule is O=C(O)c1ccc2c(Cn3ccnc3)c[nH]c2c1. The number of nitrogens with zero attached hydrogens (tertiary/aromatic N) is 2. The number of imidazole rings is 1. The number of rotatable bonds is 3. The molecule has 1 aromatic carbocycles. The lowest BCUT2D eigenvalue weighted by Gasteiger charge is -2.01. The van der Waals surface area contributed by atoms with Crippen LogP contribution in [0, 0.1) is 0 Å². The van der Waals surface area contributed by atoms with Crippen molar-refractivity contribution in [2.24, 2.45) is 0 Å². The molecule has 18 heavy (non-hydrogen) atoms. The molecule has 3 aromatic rings. The standard InChI is InChI=1S/C13H11N3O2/c17-13(18)9-1-2-11-10(6-15-12(11)5-9)7-16-4-3-14-8-16/h1-6,8,15H,7H2,(H,17,18). The Morgan fingerprint density at radius 3 is 3.06 bits per heavy atom. The average Bonchev–Trinajstić information content (AvgIpc) is 2.99. The fourth-order valence-electron chi connectivity index (χ4n) is 2.03. The molecule has 0 aliphatic carbocycles. The number of H-pyrrole nitrogens is 1. The second kappa shape index (κ2) is 4.03. The third-order valence-electron chi connectivity index (χ3n) is 2.93. The lowest BCUT2D eigenvalue weighted by atomic mass is 10.1. The first-order chi connectivity index (χ1) is 8.74. The van der Waals surface area contributed by atoms with Crippen molar-refractivity contribution in [3.63, 3.8) is 0 Å². The molecule has 0 aliphatic rings. The Labute approximate surface area is 103 Å². The van der Waals surface area contributed by atoms with E-state index in [1.54, 1.807) is 24.7 Å². The second-order valence-corrected chi connectivity index (χ2v) is 4.11. The maximum atomic E-state index is 10.9. The first-order valence-corrected chi connectivity index (χ1v) is 5.53. The summed E-state index contributed by atoms with van der Waals surface area (Å²) in [6, 6.07) is 5.10. The Morgan fingerprint density at radius 2 is 2.33 bits per heavy atom. The quantitative estimate of drug-likeness (QED) is 0.737. The van der Waals surface area contributed by atoms with Crippen molar-refractivity contribution in [1.82, 2.24) is 14.5 Å². The normalized spacial score (nSPS) is 10.9. The predicted octanol–water partition coefficient (Wildman–Crippen LogP) is 2.11. The minimum Gasteiger partial charge on any atom is -0.478 e. The van der Waals surface area contributed by atoms with Gasteiger partial charge in [-0.15, -0.1) is 0 Å². The van der Waals surface area contributed by atoms with E-state index in [4.69, 9.17) is 5.11 Å². The van der Waals surface area contributed by atoms with Crippen LogP contribution >= 0.6 is 0 Å². The lowest BCUT2D eigenvalue weighted by molar-refractivity contribution is 0.0697. The predicted molar refractivity (Wildman–Crippen MR) is 66.6 cm³/mol. The maximum absolute atomic E-state index is 10.9. The average molecular weight is 241 g/mol. The van der Waals surface area contributed by atoms with Crippen LogP contribution in [0.3, 0.4) is 0 Å². The molecule has 3 rings (SSSR count). The van der Waals surface area contributed by atoms with E-state index < -0.39 is 5.97 Å². The summed E-state index contributed by atoms with van der Waals surface area (Å²) >= 11 is 0. The van der Waals surface area contributed by atoms with Gasteiger partial charge in [0.15, 0.2) is 0 Å². The molecule has 0 bridgehead atoms. The largest absolute Gasteiger partial charge is 0.478 e. The summed E-state index contributed by atoms with van der Waals surface area (Å²) in [7, 11) is 0. The zero-order valence-electron chi connectivity index (χ0n) is 9.50. The summed E-state index contributed by atoms with van der Waals surface area (Å²) in [6.45, 7) is 0.715. The van der Waals surface area contributed by atoms with Crippen LogP contribution < -0.4 is 0 Å². The highest BCUT2D eigenvalue weighted by atomic mass is 16.4. The number of carboxylic acids is 1. The third-order valence-corrected chi connectivity index (χ3v) is 2.93. The van der Waals surface area contributed by atoms with Crippen LogP contribution in [0.15, 0.2) is 43.1 Å². The van der Waals surface area contributed by atoms with E-state index >= 15 is 0 Å². The summed E-state index contributed by atoms with van der Waals surface area (Å²) in [5, 5.41) is 9.97. The van der Waals surface area contributed by atoms with Crippen LogP contribution in [0.4, 0.5) is 0 Å². The number of benzene rings is 1. The molecule has 0 aliphatic heterocycles. The van der Waals surface area contributed by atoms with Gasteiger partial charge < -0.3 is 14.7 Å². The van der Waals surface area contributed by atoms with Crippen LogP contribution in [-0.4, -0.2) is 25.6 Å². The number of aromatic amines is 1. The number of hydrogen-bond acceptors (Lipinski definition) is 2. The van der Waals surface area contributed by atoms with Crippen LogP contribution in [0.2, 0.25) is 0 Å². The van der Waals surface area contributed by atoms with Gasteiger partial charge in [0.2, 0.25) is 0 Å². The molecule has 0 fully saturated rings. The van der Waals surface area contributed by atoms with Gasteiger partial charge in [0, 0.05) is 29.5 Å². The second-order valence-electron chi connectivity index (χ2n) is 4.11. The highest BCUT2D eigenvalue weighted by molar-refractivity contribution is 5.94. The lowest BCUT2D eigenvalue weighted by Crippen LogP contribution is -1.96. The number of carboxylic acid groups (broad SMARTS) is 1. The number of fused-ring (bicyclic) bond motifs is 1. The maximum Gasteiger partial charge on any atom is 0.335 e. The zero-order chi connectivity index (χ0) is 12.5. The van der Waals surface area contributed by atoms with Crippen molar-refractivity contribution in [2.45, 2.75) is 6.54 Å². The van der Waals surface area contributed by atoms with Crippen LogP contribution in [0.25, 0.3) is 10.9 Å². The number of nitrogens with one attached hydrogen (secondary N) is 1. The molecule has 5 nitrogen and oxygen atoms in total. The Bertz CT molecular complexity index is 698. The molecular formula is C13H11N3O2. The van der Waals surface area contributed by atoms with Gasteiger partial charge in [-0.05, 0) is 17.7 Å². The molecule has 2 heterocycles. The zero-order valence-corrected chi connectivity index (χ0v) is 9.50. The Balaban J connectivity index is 2.02. The highest BCUT2D eigenvalue weighted by Gasteiger charge is 2.08. The van der Waals surface area contributed by atoms with Crippen molar-refractivity contribution < 1.29 is 9.90 Å². The number of hydrogen-bond donors (Lipinski definition) is 2. The van der Waals surface area contributed by atoms with E-state index in [9.17, 15) is 4.79 Å². The molecule has 0 unspecified atom stereocenters. The molecule has 2 aromatic heterocycles. The van der Waals surface area contributed by atoms with Gasteiger partial charge in [0.25, 0.3) is 0 Å². The molecule has 0 radical (unpaired) electrons. The molecular weight excluding hydrogens is 230 g/mol. The van der Waals surface area contributed by atoms with Crippen LogP contribution in [0.1, 0.15) is 15.9 Å². The summed E-state index contributed by atoms with van der Waals surface area (Å²) < 4.78 is 1.97. The van der Waals surface area contributed by atoms with Crippen LogP contribution in [0.5, 0.6) is 0 Å². The molecule has 90 valence electrons. The molecule has 0 amide bonds. The first-order valence-electron chi connectivity index (χ1n) is 5.53.